The predicted octanol–water partition coefficient (Wildman–Crippen LogP) is 0.995. The van der Waals surface area contributed by atoms with Crippen LogP contribution in [0, 0.1) is 24.0 Å². The van der Waals surface area contributed by atoms with E-state index in [4.69, 9.17) is 5.11 Å². The molecule has 0 spiro atoms. The maximum atomic E-state index is 11.9. The molecule has 20 heavy (non-hydrogen) atoms. The number of nitro groups is 1. The number of carboxylic acids is 1. The molecular formula is C11H14N2O6S. The van der Waals surface area contributed by atoms with Gasteiger partial charge in [0.15, 0.2) is 15.1 Å². The van der Waals surface area contributed by atoms with Gasteiger partial charge >= 0.3 is 5.97 Å². The molecule has 1 unspecified atom stereocenters. The first-order valence-corrected chi connectivity index (χ1v) is 7.33. The van der Waals surface area contributed by atoms with Crippen LogP contribution in [0.15, 0.2) is 6.20 Å². The van der Waals surface area contributed by atoms with Gasteiger partial charge in [-0.15, -0.1) is 0 Å². The van der Waals surface area contributed by atoms with Crippen LogP contribution in [0.5, 0.6) is 0 Å². The van der Waals surface area contributed by atoms with Crippen LogP contribution < -0.4 is 0 Å². The summed E-state index contributed by atoms with van der Waals surface area (Å²) in [4.78, 5) is 24.9. The number of carboxylic acid groups (broad SMARTS) is 1. The summed E-state index contributed by atoms with van der Waals surface area (Å²) in [5.41, 5.74) is 0.250. The van der Waals surface area contributed by atoms with Crippen LogP contribution in [0.4, 0.5) is 5.69 Å². The van der Waals surface area contributed by atoms with Gasteiger partial charge in [-0.25, -0.2) is 8.42 Å². The highest BCUT2D eigenvalue weighted by atomic mass is 32.2. The van der Waals surface area contributed by atoms with E-state index in [-0.39, 0.29) is 16.9 Å². The van der Waals surface area contributed by atoms with Gasteiger partial charge in [0.1, 0.15) is 0 Å². The van der Waals surface area contributed by atoms with E-state index in [1.165, 1.54) is 20.0 Å². The van der Waals surface area contributed by atoms with E-state index >= 15 is 0 Å². The largest absolute Gasteiger partial charge is 0.480 e. The lowest BCUT2D eigenvalue weighted by Gasteiger charge is -2.10. The van der Waals surface area contributed by atoms with Gasteiger partial charge in [0.25, 0.3) is 5.69 Å². The van der Waals surface area contributed by atoms with Crippen molar-refractivity contribution in [1.29, 1.82) is 0 Å². The minimum Gasteiger partial charge on any atom is -0.480 e. The highest BCUT2D eigenvalue weighted by Gasteiger charge is 2.30. The van der Waals surface area contributed by atoms with Gasteiger partial charge in [0, 0.05) is 17.3 Å². The second-order valence-electron chi connectivity index (χ2n) is 4.41. The molecular weight excluding hydrogens is 288 g/mol. The number of hydrogen-bond acceptors (Lipinski definition) is 6. The summed E-state index contributed by atoms with van der Waals surface area (Å²) in [5.74, 6) is -2.11. The third kappa shape index (κ3) is 3.10. The summed E-state index contributed by atoms with van der Waals surface area (Å²) in [7, 11) is -3.98. The average Bonchev–Trinajstić information content (AvgIpc) is 2.31. The van der Waals surface area contributed by atoms with Crippen molar-refractivity contribution in [2.45, 2.75) is 31.8 Å². The summed E-state index contributed by atoms with van der Waals surface area (Å²) in [6.07, 6.45) is 1.21. The van der Waals surface area contributed by atoms with Gasteiger partial charge in [-0.1, -0.05) is 0 Å². The van der Waals surface area contributed by atoms with Crippen molar-refractivity contribution in [3.05, 3.63) is 33.1 Å². The molecule has 1 rings (SSSR count). The highest BCUT2D eigenvalue weighted by Crippen LogP contribution is 2.25. The number of sulfone groups is 1. The molecule has 9 heteroatoms. The van der Waals surface area contributed by atoms with Crippen LogP contribution in [0.25, 0.3) is 0 Å². The molecule has 1 atom stereocenters. The second-order valence-corrected chi connectivity index (χ2v) is 6.73. The fourth-order valence-corrected chi connectivity index (χ4v) is 2.89. The summed E-state index contributed by atoms with van der Waals surface area (Å²) in [6.45, 7) is 3.94. The number of aryl methyl sites for hydroxylation is 1. The van der Waals surface area contributed by atoms with E-state index in [1.807, 2.05) is 0 Å². The minimum absolute atomic E-state index is 0.00426. The number of hydrogen-bond donors (Lipinski definition) is 1. The Hall–Kier alpha value is -2.03. The molecule has 0 amide bonds. The van der Waals surface area contributed by atoms with Gasteiger partial charge in [-0.2, -0.15) is 0 Å². The molecule has 1 heterocycles. The molecule has 1 N–H and O–H groups in total. The molecule has 0 saturated carbocycles. The Morgan fingerprint density at radius 1 is 1.50 bits per heavy atom. The van der Waals surface area contributed by atoms with Crippen molar-refractivity contribution in [3.8, 4) is 0 Å². The van der Waals surface area contributed by atoms with E-state index in [9.17, 15) is 23.3 Å². The quantitative estimate of drug-likeness (QED) is 0.634. The zero-order valence-electron chi connectivity index (χ0n) is 11.2. The molecule has 0 aliphatic carbocycles. The van der Waals surface area contributed by atoms with Crippen LogP contribution in [0.3, 0.4) is 0 Å². The van der Waals surface area contributed by atoms with Crippen LogP contribution in [0.1, 0.15) is 23.7 Å². The first-order valence-electron chi connectivity index (χ1n) is 5.61. The summed E-state index contributed by atoms with van der Waals surface area (Å²) >= 11 is 0. The van der Waals surface area contributed by atoms with Crippen LogP contribution in [-0.2, 0) is 20.4 Å². The third-order valence-electron chi connectivity index (χ3n) is 2.98. The maximum absolute atomic E-state index is 11.9. The van der Waals surface area contributed by atoms with Crippen LogP contribution in [0.2, 0.25) is 0 Å². The van der Waals surface area contributed by atoms with E-state index in [2.05, 4.69) is 4.98 Å². The molecule has 0 aromatic carbocycles. The number of nitrogens with zero attached hydrogens (tertiary/aromatic N) is 2. The molecule has 0 aliphatic rings. The Morgan fingerprint density at radius 2 is 2.05 bits per heavy atom. The lowest BCUT2D eigenvalue weighted by molar-refractivity contribution is -0.386. The van der Waals surface area contributed by atoms with E-state index < -0.39 is 31.7 Å². The van der Waals surface area contributed by atoms with Gasteiger partial charge in [-0.3, -0.25) is 19.9 Å². The summed E-state index contributed by atoms with van der Waals surface area (Å²) in [6, 6.07) is 0. The Labute approximate surface area is 115 Å². The van der Waals surface area contributed by atoms with Crippen molar-refractivity contribution in [2.75, 3.05) is 0 Å². The van der Waals surface area contributed by atoms with Crippen molar-refractivity contribution >= 4 is 21.5 Å². The van der Waals surface area contributed by atoms with Crippen molar-refractivity contribution < 1.29 is 23.2 Å². The predicted molar refractivity (Wildman–Crippen MR) is 70.1 cm³/mol. The minimum atomic E-state index is -3.98. The summed E-state index contributed by atoms with van der Waals surface area (Å²) in [5, 5.41) is 18.1. The lowest BCUT2D eigenvalue weighted by Crippen LogP contribution is -2.28. The Morgan fingerprint density at radius 3 is 2.50 bits per heavy atom. The fourth-order valence-electron chi connectivity index (χ4n) is 1.66. The SMILES string of the molecule is Cc1cnc(CS(=O)(=O)C(C)C(=O)O)c(C)c1[N+](=O)[O-]. The topological polar surface area (TPSA) is 127 Å². The molecule has 0 bridgehead atoms. The van der Waals surface area contributed by atoms with Gasteiger partial charge in [0.2, 0.25) is 0 Å². The summed E-state index contributed by atoms with van der Waals surface area (Å²) < 4.78 is 23.7. The number of rotatable bonds is 5. The molecule has 1 aromatic rings. The lowest BCUT2D eigenvalue weighted by atomic mass is 10.1. The van der Waals surface area contributed by atoms with Crippen molar-refractivity contribution in [1.82, 2.24) is 4.98 Å². The molecule has 0 radical (unpaired) electrons. The van der Waals surface area contributed by atoms with Gasteiger partial charge in [-0.05, 0) is 20.8 Å². The van der Waals surface area contributed by atoms with Gasteiger partial charge in [0.05, 0.1) is 16.4 Å². The number of pyridine rings is 1. The first-order chi connectivity index (χ1) is 9.08. The third-order valence-corrected chi connectivity index (χ3v) is 4.94. The molecule has 0 fully saturated rings. The maximum Gasteiger partial charge on any atom is 0.321 e. The zero-order chi connectivity index (χ0) is 15.7. The monoisotopic (exact) mass is 302 g/mol. The standard InChI is InChI=1S/C11H14N2O6S/c1-6-4-12-9(7(2)10(6)13(16)17)5-20(18,19)8(3)11(14)15/h4,8H,5H2,1-3H3,(H,14,15). The number of aromatic nitrogens is 1. The molecule has 0 aliphatic heterocycles. The molecule has 8 nitrogen and oxygen atoms in total. The Kier molecular flexibility index (Phi) is 4.43. The fraction of sp³-hybridized carbons (Fsp3) is 0.455. The second kappa shape index (κ2) is 5.53. The highest BCUT2D eigenvalue weighted by molar-refractivity contribution is 7.91. The average molecular weight is 302 g/mol. The number of carbonyl (C=O) groups is 1. The van der Waals surface area contributed by atoms with E-state index in [0.717, 1.165) is 6.92 Å². The van der Waals surface area contributed by atoms with Gasteiger partial charge < -0.3 is 5.11 Å². The molecule has 0 saturated heterocycles. The normalized spacial score (nSPS) is 12.9. The number of aliphatic carboxylic acids is 1. The first kappa shape index (κ1) is 16.0. The van der Waals surface area contributed by atoms with Crippen molar-refractivity contribution in [2.24, 2.45) is 0 Å². The molecule has 110 valence electrons. The Balaban J connectivity index is 3.28. The van der Waals surface area contributed by atoms with Crippen LogP contribution in [-0.4, -0.2) is 34.7 Å². The Bertz CT molecular complexity index is 668. The van der Waals surface area contributed by atoms with E-state index in [0.29, 0.717) is 5.56 Å². The van der Waals surface area contributed by atoms with E-state index in [1.54, 1.807) is 0 Å². The van der Waals surface area contributed by atoms with Crippen LogP contribution >= 0.6 is 0 Å². The smallest absolute Gasteiger partial charge is 0.321 e. The van der Waals surface area contributed by atoms with Crippen molar-refractivity contribution in [3.63, 3.8) is 0 Å². The molecule has 1 aromatic heterocycles. The zero-order valence-corrected chi connectivity index (χ0v) is 12.0.